The highest BCUT2D eigenvalue weighted by Crippen LogP contribution is 2.27. The molecule has 0 aromatic heterocycles. The largest absolute Gasteiger partial charge is 0.379 e. The standard InChI is InChI=1S/C14H29NO/c1-4-10-15-14-8-6-5-7-13(14)9-11-16-12(2)3/h12-15H,4-11H2,1-3H3. The highest BCUT2D eigenvalue weighted by molar-refractivity contribution is 4.80. The molecule has 0 aromatic rings. The minimum Gasteiger partial charge on any atom is -0.379 e. The molecule has 0 spiro atoms. The fraction of sp³-hybridized carbons (Fsp3) is 1.00. The maximum atomic E-state index is 5.67. The van der Waals surface area contributed by atoms with Crippen molar-refractivity contribution < 1.29 is 4.74 Å². The molecule has 2 unspecified atom stereocenters. The van der Waals surface area contributed by atoms with E-state index in [2.05, 4.69) is 26.1 Å². The summed E-state index contributed by atoms with van der Waals surface area (Å²) in [6.07, 6.45) is 8.44. The predicted molar refractivity (Wildman–Crippen MR) is 69.7 cm³/mol. The molecule has 1 aliphatic rings. The summed E-state index contributed by atoms with van der Waals surface area (Å²) >= 11 is 0. The first-order valence-corrected chi connectivity index (χ1v) is 7.09. The average molecular weight is 227 g/mol. The molecule has 0 aromatic carbocycles. The van der Waals surface area contributed by atoms with Crippen molar-refractivity contribution in [3.8, 4) is 0 Å². The number of nitrogens with one attached hydrogen (secondary N) is 1. The van der Waals surface area contributed by atoms with Gasteiger partial charge in [0.1, 0.15) is 0 Å². The molecule has 0 saturated heterocycles. The van der Waals surface area contributed by atoms with Gasteiger partial charge in [0.05, 0.1) is 6.10 Å². The summed E-state index contributed by atoms with van der Waals surface area (Å²) in [6, 6.07) is 0.754. The summed E-state index contributed by atoms with van der Waals surface area (Å²) in [6.45, 7) is 8.59. The second-order valence-corrected chi connectivity index (χ2v) is 5.31. The summed E-state index contributed by atoms with van der Waals surface area (Å²) in [5.74, 6) is 0.846. The van der Waals surface area contributed by atoms with Gasteiger partial charge in [-0.25, -0.2) is 0 Å². The maximum absolute atomic E-state index is 5.67. The number of hydrogen-bond donors (Lipinski definition) is 1. The van der Waals surface area contributed by atoms with Gasteiger partial charge >= 0.3 is 0 Å². The lowest BCUT2D eigenvalue weighted by Gasteiger charge is -2.32. The maximum Gasteiger partial charge on any atom is 0.0518 e. The molecule has 16 heavy (non-hydrogen) atoms. The molecule has 2 heteroatoms. The molecule has 0 amide bonds. The Balaban J connectivity index is 2.23. The van der Waals surface area contributed by atoms with E-state index in [1.54, 1.807) is 0 Å². The molecule has 1 aliphatic carbocycles. The molecule has 96 valence electrons. The Hall–Kier alpha value is -0.0800. The Morgan fingerprint density at radius 3 is 2.69 bits per heavy atom. The SMILES string of the molecule is CCCNC1CCCCC1CCOC(C)C. The van der Waals surface area contributed by atoms with Crippen molar-refractivity contribution >= 4 is 0 Å². The zero-order valence-corrected chi connectivity index (χ0v) is 11.3. The van der Waals surface area contributed by atoms with Crippen molar-refractivity contribution in [3.63, 3.8) is 0 Å². The van der Waals surface area contributed by atoms with Crippen molar-refractivity contribution in [2.24, 2.45) is 5.92 Å². The van der Waals surface area contributed by atoms with Gasteiger partial charge in [-0.1, -0.05) is 19.8 Å². The molecule has 1 saturated carbocycles. The fourth-order valence-electron chi connectivity index (χ4n) is 2.61. The normalized spacial score (nSPS) is 26.2. The molecule has 2 nitrogen and oxygen atoms in total. The molecule has 0 bridgehead atoms. The number of ether oxygens (including phenoxy) is 1. The zero-order valence-electron chi connectivity index (χ0n) is 11.3. The van der Waals surface area contributed by atoms with E-state index >= 15 is 0 Å². The van der Waals surface area contributed by atoms with Crippen LogP contribution in [0.5, 0.6) is 0 Å². The van der Waals surface area contributed by atoms with Gasteiger partial charge in [-0.15, -0.1) is 0 Å². The van der Waals surface area contributed by atoms with E-state index in [0.29, 0.717) is 6.10 Å². The Morgan fingerprint density at radius 2 is 2.00 bits per heavy atom. The lowest BCUT2D eigenvalue weighted by Crippen LogP contribution is -2.39. The Morgan fingerprint density at radius 1 is 1.25 bits per heavy atom. The van der Waals surface area contributed by atoms with Gasteiger partial charge in [0.2, 0.25) is 0 Å². The molecule has 1 rings (SSSR count). The lowest BCUT2D eigenvalue weighted by molar-refractivity contribution is 0.0601. The third kappa shape index (κ3) is 5.31. The van der Waals surface area contributed by atoms with Crippen molar-refractivity contribution in [2.45, 2.75) is 71.4 Å². The molecule has 2 atom stereocenters. The summed E-state index contributed by atoms with van der Waals surface area (Å²) in [4.78, 5) is 0. The second-order valence-electron chi connectivity index (χ2n) is 5.31. The van der Waals surface area contributed by atoms with Gasteiger partial charge in [-0.2, -0.15) is 0 Å². The molecule has 0 aliphatic heterocycles. The summed E-state index contributed by atoms with van der Waals surface area (Å²) in [5, 5.41) is 3.70. The van der Waals surface area contributed by atoms with Crippen LogP contribution in [0.4, 0.5) is 0 Å². The molecule has 0 radical (unpaired) electrons. The summed E-state index contributed by atoms with van der Waals surface area (Å²) in [7, 11) is 0. The van der Waals surface area contributed by atoms with Crippen LogP contribution in [-0.2, 0) is 4.74 Å². The van der Waals surface area contributed by atoms with Crippen molar-refractivity contribution in [1.29, 1.82) is 0 Å². The van der Waals surface area contributed by atoms with E-state index in [-0.39, 0.29) is 0 Å². The van der Waals surface area contributed by atoms with E-state index in [4.69, 9.17) is 4.74 Å². The van der Waals surface area contributed by atoms with Gasteiger partial charge < -0.3 is 10.1 Å². The van der Waals surface area contributed by atoms with Gasteiger partial charge in [-0.3, -0.25) is 0 Å². The monoisotopic (exact) mass is 227 g/mol. The smallest absolute Gasteiger partial charge is 0.0518 e. The number of rotatable bonds is 7. The van der Waals surface area contributed by atoms with E-state index in [1.165, 1.54) is 45.1 Å². The highest BCUT2D eigenvalue weighted by atomic mass is 16.5. The van der Waals surface area contributed by atoms with Crippen LogP contribution in [0, 0.1) is 5.92 Å². The quantitative estimate of drug-likeness (QED) is 0.720. The van der Waals surface area contributed by atoms with Crippen LogP contribution in [0.3, 0.4) is 0 Å². The topological polar surface area (TPSA) is 21.3 Å². The summed E-state index contributed by atoms with van der Waals surface area (Å²) < 4.78 is 5.67. The first-order valence-electron chi connectivity index (χ1n) is 7.09. The van der Waals surface area contributed by atoms with Crippen LogP contribution in [0.15, 0.2) is 0 Å². The zero-order chi connectivity index (χ0) is 11.8. The van der Waals surface area contributed by atoms with Crippen LogP contribution in [0.25, 0.3) is 0 Å². The second kappa shape index (κ2) is 8.08. The average Bonchev–Trinajstić information content (AvgIpc) is 2.27. The third-order valence-corrected chi connectivity index (χ3v) is 3.51. The van der Waals surface area contributed by atoms with Crippen molar-refractivity contribution in [2.75, 3.05) is 13.2 Å². The van der Waals surface area contributed by atoms with E-state index in [0.717, 1.165) is 18.6 Å². The fourth-order valence-corrected chi connectivity index (χ4v) is 2.61. The Labute approximate surface area is 101 Å². The predicted octanol–water partition coefficient (Wildman–Crippen LogP) is 3.36. The number of hydrogen-bond acceptors (Lipinski definition) is 2. The molecule has 1 N–H and O–H groups in total. The van der Waals surface area contributed by atoms with E-state index in [1.807, 2.05) is 0 Å². The van der Waals surface area contributed by atoms with Crippen LogP contribution in [0.1, 0.15) is 59.3 Å². The van der Waals surface area contributed by atoms with Gasteiger partial charge in [0.15, 0.2) is 0 Å². The molecular weight excluding hydrogens is 198 g/mol. The highest BCUT2D eigenvalue weighted by Gasteiger charge is 2.23. The van der Waals surface area contributed by atoms with Crippen LogP contribution >= 0.6 is 0 Å². The first kappa shape index (κ1) is 14.0. The molecule has 0 heterocycles. The Kier molecular flexibility index (Phi) is 7.06. The third-order valence-electron chi connectivity index (χ3n) is 3.51. The Bertz CT molecular complexity index is 170. The molecule has 1 fully saturated rings. The van der Waals surface area contributed by atoms with Crippen molar-refractivity contribution in [3.05, 3.63) is 0 Å². The van der Waals surface area contributed by atoms with Gasteiger partial charge in [0.25, 0.3) is 0 Å². The van der Waals surface area contributed by atoms with Gasteiger partial charge in [-0.05, 0) is 52.0 Å². The van der Waals surface area contributed by atoms with E-state index < -0.39 is 0 Å². The minimum absolute atomic E-state index is 0.380. The van der Waals surface area contributed by atoms with Gasteiger partial charge in [0, 0.05) is 12.6 Å². The van der Waals surface area contributed by atoms with Crippen LogP contribution < -0.4 is 5.32 Å². The van der Waals surface area contributed by atoms with Crippen LogP contribution in [-0.4, -0.2) is 25.3 Å². The lowest BCUT2D eigenvalue weighted by atomic mass is 9.82. The van der Waals surface area contributed by atoms with E-state index in [9.17, 15) is 0 Å². The minimum atomic E-state index is 0.380. The molecular formula is C14H29NO. The van der Waals surface area contributed by atoms with Crippen LogP contribution in [0.2, 0.25) is 0 Å². The van der Waals surface area contributed by atoms with Crippen molar-refractivity contribution in [1.82, 2.24) is 5.32 Å². The summed E-state index contributed by atoms with van der Waals surface area (Å²) in [5.41, 5.74) is 0. The first-order chi connectivity index (χ1) is 7.74.